The van der Waals surface area contributed by atoms with Crippen molar-refractivity contribution in [2.45, 2.75) is 106 Å². The largest absolute Gasteiger partial charge is 0.392 e. The molecule has 0 bridgehead atoms. The van der Waals surface area contributed by atoms with Crippen molar-refractivity contribution in [3.05, 3.63) is 125 Å². The lowest BCUT2D eigenvalue weighted by atomic mass is 9.69. The van der Waals surface area contributed by atoms with Crippen molar-refractivity contribution < 1.29 is 43.1 Å². The maximum absolute atomic E-state index is 14.1. The predicted molar refractivity (Wildman–Crippen MR) is 223 cm³/mol. The zero-order chi connectivity index (χ0) is 41.6. The van der Waals surface area contributed by atoms with Gasteiger partial charge in [-0.3, -0.25) is 0 Å². The third-order valence-corrected chi connectivity index (χ3v) is 13.8. The molecule has 1 saturated carbocycles. The highest BCUT2D eigenvalue weighted by molar-refractivity contribution is 7.91. The Labute approximate surface area is 341 Å². The number of amides is 2. The molecule has 13 heteroatoms. The minimum Gasteiger partial charge on any atom is -0.392 e. The normalized spacial score (nSPS) is 27.9. The van der Waals surface area contributed by atoms with Crippen molar-refractivity contribution in [3.8, 4) is 0 Å². The van der Waals surface area contributed by atoms with E-state index >= 15 is 0 Å². The van der Waals surface area contributed by atoms with Gasteiger partial charge in [0.1, 0.15) is 30.5 Å². The average molecular weight is 816 g/mol. The van der Waals surface area contributed by atoms with Crippen LogP contribution in [0.5, 0.6) is 0 Å². The molecule has 0 saturated heterocycles. The molecule has 6 N–H and O–H groups in total. The molecule has 312 valence electrons. The number of benzene rings is 4. The standard InChI is InChI=1S/C45H57N3O9S/c1-5-7-23-45(6-2)28-58(54,55)35-22-21-33(48(3)4)25-34(35)36(43(45)52)31-19-14-20-32(24-31)46-44(53)47-37-38(49)41(56-26-29-15-10-8-11-16-29)40(51)42(39(37)50)57-27-30-17-12-9-13-18-30/h8-22,24-25,36-43,49-52H,5-7,23,26-28H2,1-4H3,(H2,46,47,53)/t36-,37-,38-,39+,40-,41+,42-,43-,45-/m1/s1. The number of unbranched alkanes of at least 4 members (excludes halogenated alkanes) is 1. The molecule has 0 aromatic heterocycles. The van der Waals surface area contributed by atoms with E-state index < -0.39 is 69.9 Å². The second-order valence-corrected chi connectivity index (χ2v) is 17.8. The van der Waals surface area contributed by atoms with Crippen LogP contribution in [0.15, 0.2) is 108 Å². The summed E-state index contributed by atoms with van der Waals surface area (Å²) in [6, 6.07) is 28.6. The highest BCUT2D eigenvalue weighted by Crippen LogP contribution is 2.49. The van der Waals surface area contributed by atoms with Gasteiger partial charge in [-0.2, -0.15) is 0 Å². The summed E-state index contributed by atoms with van der Waals surface area (Å²) in [7, 11) is -0.0576. The molecule has 2 aliphatic rings. The lowest BCUT2D eigenvalue weighted by molar-refractivity contribution is -0.222. The van der Waals surface area contributed by atoms with Gasteiger partial charge in [-0.15, -0.1) is 0 Å². The third-order valence-electron chi connectivity index (χ3n) is 11.8. The molecule has 12 nitrogen and oxygen atoms in total. The van der Waals surface area contributed by atoms with Gasteiger partial charge in [0.25, 0.3) is 0 Å². The maximum atomic E-state index is 14.1. The van der Waals surface area contributed by atoms with Gasteiger partial charge in [0.2, 0.25) is 0 Å². The topological polar surface area (TPSA) is 178 Å². The summed E-state index contributed by atoms with van der Waals surface area (Å²) < 4.78 is 40.3. The first-order valence-electron chi connectivity index (χ1n) is 20.0. The number of nitrogens with one attached hydrogen (secondary N) is 2. The number of rotatable bonds is 14. The summed E-state index contributed by atoms with van der Waals surface area (Å²) >= 11 is 0. The van der Waals surface area contributed by atoms with Crippen LogP contribution in [0.1, 0.15) is 67.7 Å². The smallest absolute Gasteiger partial charge is 0.319 e. The van der Waals surface area contributed by atoms with Crippen molar-refractivity contribution in [1.82, 2.24) is 5.32 Å². The van der Waals surface area contributed by atoms with E-state index in [9.17, 15) is 33.6 Å². The van der Waals surface area contributed by atoms with Crippen LogP contribution in [0.25, 0.3) is 0 Å². The van der Waals surface area contributed by atoms with Gasteiger partial charge in [-0.25, -0.2) is 13.2 Å². The molecule has 1 aliphatic carbocycles. The van der Waals surface area contributed by atoms with Crippen molar-refractivity contribution in [2.24, 2.45) is 5.41 Å². The summed E-state index contributed by atoms with van der Waals surface area (Å²) in [6.07, 6.45) is -5.46. The molecule has 0 spiro atoms. The second-order valence-electron chi connectivity index (χ2n) is 15.9. The summed E-state index contributed by atoms with van der Waals surface area (Å²) in [6.45, 7) is 4.08. The Morgan fingerprint density at radius 2 is 1.40 bits per heavy atom. The molecular formula is C45H57N3O9S. The van der Waals surface area contributed by atoms with E-state index in [0.29, 0.717) is 29.7 Å². The minimum atomic E-state index is -3.80. The average Bonchev–Trinajstić information content (AvgIpc) is 3.28. The van der Waals surface area contributed by atoms with E-state index in [1.165, 1.54) is 0 Å². The number of nitrogens with zero attached hydrogens (tertiary/aromatic N) is 1. The Bertz CT molecular complexity index is 2030. The number of carbonyl (C=O) groups is 1. The fraction of sp³-hybridized carbons (Fsp3) is 0.444. The summed E-state index contributed by atoms with van der Waals surface area (Å²) in [5.41, 5.74) is 2.90. The zero-order valence-electron chi connectivity index (χ0n) is 33.6. The molecule has 1 fully saturated rings. The van der Waals surface area contributed by atoms with Gasteiger partial charge in [0.05, 0.1) is 36.0 Å². The molecule has 2 amide bonds. The van der Waals surface area contributed by atoms with Crippen LogP contribution in [-0.4, -0.2) is 97.4 Å². The van der Waals surface area contributed by atoms with E-state index in [1.54, 1.807) is 30.3 Å². The Morgan fingerprint density at radius 1 is 0.793 bits per heavy atom. The number of aliphatic hydroxyl groups excluding tert-OH is 4. The summed E-state index contributed by atoms with van der Waals surface area (Å²) in [5, 5.41) is 52.4. The molecule has 4 aromatic rings. The number of hydrogen-bond donors (Lipinski definition) is 6. The quantitative estimate of drug-likeness (QED) is 0.0970. The molecule has 58 heavy (non-hydrogen) atoms. The Morgan fingerprint density at radius 3 is 1.95 bits per heavy atom. The number of sulfone groups is 1. The lowest BCUT2D eigenvalue weighted by Crippen LogP contribution is -2.69. The van der Waals surface area contributed by atoms with Gasteiger partial charge in [-0.05, 0) is 65.4 Å². The first kappa shape index (κ1) is 43.2. The third kappa shape index (κ3) is 9.42. The van der Waals surface area contributed by atoms with E-state index in [0.717, 1.165) is 29.7 Å². The highest BCUT2D eigenvalue weighted by atomic mass is 32.2. The van der Waals surface area contributed by atoms with Crippen LogP contribution in [0, 0.1) is 5.41 Å². The van der Waals surface area contributed by atoms with Crippen molar-refractivity contribution in [1.29, 1.82) is 0 Å². The Balaban J connectivity index is 1.28. The van der Waals surface area contributed by atoms with Crippen LogP contribution in [0.2, 0.25) is 0 Å². The van der Waals surface area contributed by atoms with Gasteiger partial charge in [-0.1, -0.05) is 99.5 Å². The van der Waals surface area contributed by atoms with Crippen LogP contribution in [0.3, 0.4) is 0 Å². The van der Waals surface area contributed by atoms with Crippen LogP contribution in [-0.2, 0) is 32.5 Å². The van der Waals surface area contributed by atoms with Crippen molar-refractivity contribution in [2.75, 3.05) is 30.1 Å². The van der Waals surface area contributed by atoms with E-state index in [4.69, 9.17) is 9.47 Å². The number of carbonyl (C=O) groups excluding carboxylic acids is 1. The van der Waals surface area contributed by atoms with Gasteiger partial charge >= 0.3 is 6.03 Å². The zero-order valence-corrected chi connectivity index (χ0v) is 34.4. The fourth-order valence-electron chi connectivity index (χ4n) is 8.43. The number of urea groups is 1. The van der Waals surface area contributed by atoms with Gasteiger partial charge < -0.3 is 45.4 Å². The molecule has 0 radical (unpaired) electrons. The Kier molecular flexibility index (Phi) is 14.0. The molecule has 4 aromatic carbocycles. The van der Waals surface area contributed by atoms with Crippen LogP contribution >= 0.6 is 0 Å². The Hall–Kier alpha value is -4.34. The van der Waals surface area contributed by atoms with E-state index in [-0.39, 0.29) is 23.9 Å². The predicted octanol–water partition coefficient (Wildman–Crippen LogP) is 5.38. The highest BCUT2D eigenvalue weighted by Gasteiger charge is 2.52. The number of hydrogen-bond acceptors (Lipinski definition) is 10. The second kappa shape index (κ2) is 18.7. The lowest BCUT2D eigenvalue weighted by Gasteiger charge is -2.45. The molecule has 6 rings (SSSR count). The van der Waals surface area contributed by atoms with E-state index in [1.807, 2.05) is 106 Å². The number of anilines is 2. The first-order valence-corrected chi connectivity index (χ1v) is 21.7. The minimum absolute atomic E-state index is 0.0537. The van der Waals surface area contributed by atoms with Crippen molar-refractivity contribution in [3.63, 3.8) is 0 Å². The van der Waals surface area contributed by atoms with Crippen LogP contribution in [0.4, 0.5) is 16.2 Å². The molecule has 1 heterocycles. The monoisotopic (exact) mass is 815 g/mol. The van der Waals surface area contributed by atoms with Crippen LogP contribution < -0.4 is 15.5 Å². The molecule has 0 unspecified atom stereocenters. The van der Waals surface area contributed by atoms with Gasteiger partial charge in [0, 0.05) is 36.8 Å². The maximum Gasteiger partial charge on any atom is 0.319 e. The summed E-state index contributed by atoms with van der Waals surface area (Å²) in [5.74, 6) is -0.933. The van der Waals surface area contributed by atoms with Crippen molar-refractivity contribution >= 4 is 27.2 Å². The SMILES string of the molecule is CCCC[C@]1(CC)CS(=O)(=O)c2ccc(N(C)C)cc2[C@@H](c2cccc(NC(=O)N[C@@H]3[C@@H](O)[C@H](OCc4ccccc4)[C@@H](O)[C@H](OCc4ccccc4)[C@H]3O)c2)[C@H]1O. The number of aliphatic hydroxyl groups is 4. The number of fused-ring (bicyclic) bond motifs is 1. The molecule has 1 aliphatic heterocycles. The molecule has 9 atom stereocenters. The fourth-order valence-corrected chi connectivity index (χ4v) is 10.7. The van der Waals surface area contributed by atoms with E-state index in [2.05, 4.69) is 10.6 Å². The first-order chi connectivity index (χ1) is 27.8. The summed E-state index contributed by atoms with van der Waals surface area (Å²) in [4.78, 5) is 15.8. The number of ether oxygens (including phenoxy) is 2. The van der Waals surface area contributed by atoms with Gasteiger partial charge in [0.15, 0.2) is 9.84 Å². The molecular weight excluding hydrogens is 759 g/mol.